The zero-order chi connectivity index (χ0) is 19.5. The highest BCUT2D eigenvalue weighted by molar-refractivity contribution is 5.92. The van der Waals surface area contributed by atoms with E-state index in [9.17, 15) is 4.79 Å². The van der Waals surface area contributed by atoms with Gasteiger partial charge in [0.2, 0.25) is 0 Å². The first kappa shape index (κ1) is 18.2. The van der Waals surface area contributed by atoms with Crippen molar-refractivity contribution in [2.45, 2.75) is 19.1 Å². The second-order valence-electron chi connectivity index (χ2n) is 6.92. The number of hydrogen-bond donors (Lipinski definition) is 0. The van der Waals surface area contributed by atoms with Gasteiger partial charge >= 0.3 is 0 Å². The lowest BCUT2D eigenvalue weighted by atomic mass is 10.2. The number of hydrogen-bond acceptors (Lipinski definition) is 7. The minimum absolute atomic E-state index is 0.132. The first-order chi connectivity index (χ1) is 13.6. The summed E-state index contributed by atoms with van der Waals surface area (Å²) in [5.41, 5.74) is 1.19. The summed E-state index contributed by atoms with van der Waals surface area (Å²) in [6.45, 7) is 2.06. The molecule has 0 radical (unpaired) electrons. The molecule has 1 amide bonds. The zero-order valence-corrected chi connectivity index (χ0v) is 15.9. The molecule has 2 aromatic heterocycles. The number of nitrogens with zero attached hydrogens (tertiary/aromatic N) is 6. The van der Waals surface area contributed by atoms with Gasteiger partial charge in [0.05, 0.1) is 5.69 Å². The normalized spacial score (nSPS) is 17.0. The summed E-state index contributed by atoms with van der Waals surface area (Å²) < 4.78 is 12.7. The fraction of sp³-hybridized carbons (Fsp3) is 0.368. The van der Waals surface area contributed by atoms with Crippen molar-refractivity contribution >= 4 is 5.91 Å². The Bertz CT molecular complexity index is 922. The predicted octanol–water partition coefficient (Wildman–Crippen LogP) is 1.61. The molecule has 9 nitrogen and oxygen atoms in total. The van der Waals surface area contributed by atoms with Gasteiger partial charge in [0, 0.05) is 25.7 Å². The van der Waals surface area contributed by atoms with Crippen LogP contribution in [0.5, 0.6) is 5.75 Å². The van der Waals surface area contributed by atoms with Crippen LogP contribution in [0.1, 0.15) is 22.7 Å². The van der Waals surface area contributed by atoms with E-state index in [4.69, 9.17) is 9.26 Å². The Morgan fingerprint density at radius 3 is 2.86 bits per heavy atom. The Morgan fingerprint density at radius 1 is 1.36 bits per heavy atom. The second kappa shape index (κ2) is 7.81. The molecule has 0 spiro atoms. The summed E-state index contributed by atoms with van der Waals surface area (Å²) in [4.78, 5) is 20.5. The molecular weight excluding hydrogens is 360 g/mol. The molecule has 1 atom stereocenters. The van der Waals surface area contributed by atoms with Crippen molar-refractivity contribution in [1.29, 1.82) is 0 Å². The third kappa shape index (κ3) is 3.89. The van der Waals surface area contributed by atoms with Crippen LogP contribution in [0, 0.1) is 0 Å². The van der Waals surface area contributed by atoms with Crippen molar-refractivity contribution in [1.82, 2.24) is 29.7 Å². The van der Waals surface area contributed by atoms with E-state index in [0.29, 0.717) is 17.2 Å². The van der Waals surface area contributed by atoms with Crippen LogP contribution in [-0.2, 0) is 6.61 Å². The SMILES string of the molecule is CN1CC[C@H](N(C)C(=O)c2cc(COc3ccc(-n4cncn4)cc3)on2)C1. The second-order valence-corrected chi connectivity index (χ2v) is 6.92. The van der Waals surface area contributed by atoms with Crippen LogP contribution in [0.25, 0.3) is 5.69 Å². The highest BCUT2D eigenvalue weighted by Gasteiger charge is 2.28. The molecule has 0 aliphatic carbocycles. The van der Waals surface area contributed by atoms with Crippen molar-refractivity contribution < 1.29 is 14.1 Å². The number of benzene rings is 1. The average Bonchev–Trinajstić information content (AvgIpc) is 3.47. The van der Waals surface area contributed by atoms with E-state index in [1.165, 1.54) is 6.33 Å². The summed E-state index contributed by atoms with van der Waals surface area (Å²) in [5, 5.41) is 7.99. The average molecular weight is 382 g/mol. The van der Waals surface area contributed by atoms with Gasteiger partial charge in [-0.25, -0.2) is 9.67 Å². The number of carbonyl (C=O) groups is 1. The number of aromatic nitrogens is 4. The van der Waals surface area contributed by atoms with E-state index in [-0.39, 0.29) is 18.6 Å². The van der Waals surface area contributed by atoms with Crippen LogP contribution in [0.3, 0.4) is 0 Å². The monoisotopic (exact) mass is 382 g/mol. The van der Waals surface area contributed by atoms with Gasteiger partial charge in [-0.15, -0.1) is 0 Å². The topological polar surface area (TPSA) is 89.5 Å². The number of carbonyl (C=O) groups excluding carboxylic acids is 1. The summed E-state index contributed by atoms with van der Waals surface area (Å²) in [6, 6.07) is 9.28. The lowest BCUT2D eigenvalue weighted by Gasteiger charge is -2.23. The molecule has 9 heteroatoms. The Morgan fingerprint density at radius 2 is 2.18 bits per heavy atom. The lowest BCUT2D eigenvalue weighted by Crippen LogP contribution is -2.38. The minimum atomic E-state index is -0.132. The van der Waals surface area contributed by atoms with E-state index in [0.717, 1.165) is 25.2 Å². The third-order valence-electron chi connectivity index (χ3n) is 4.91. The molecule has 0 N–H and O–H groups in total. The fourth-order valence-corrected chi connectivity index (χ4v) is 3.25. The predicted molar refractivity (Wildman–Crippen MR) is 100 cm³/mol. The van der Waals surface area contributed by atoms with Gasteiger partial charge in [0.1, 0.15) is 25.0 Å². The van der Waals surface area contributed by atoms with Crippen molar-refractivity contribution in [2.75, 3.05) is 27.2 Å². The number of likely N-dealkylation sites (tertiary alicyclic amines) is 1. The van der Waals surface area contributed by atoms with Crippen molar-refractivity contribution in [3.8, 4) is 11.4 Å². The van der Waals surface area contributed by atoms with Crippen LogP contribution >= 0.6 is 0 Å². The number of ether oxygens (including phenoxy) is 1. The van der Waals surface area contributed by atoms with E-state index in [1.807, 2.05) is 31.3 Å². The summed E-state index contributed by atoms with van der Waals surface area (Å²) in [7, 11) is 3.87. The summed E-state index contributed by atoms with van der Waals surface area (Å²) in [5.74, 6) is 1.05. The molecule has 1 saturated heterocycles. The van der Waals surface area contributed by atoms with E-state index in [1.54, 1.807) is 22.0 Å². The van der Waals surface area contributed by atoms with E-state index < -0.39 is 0 Å². The van der Waals surface area contributed by atoms with Crippen molar-refractivity contribution in [3.63, 3.8) is 0 Å². The molecule has 1 fully saturated rings. The summed E-state index contributed by atoms with van der Waals surface area (Å²) >= 11 is 0. The van der Waals surface area contributed by atoms with Crippen LogP contribution in [-0.4, -0.2) is 68.9 Å². The van der Waals surface area contributed by atoms with E-state index >= 15 is 0 Å². The van der Waals surface area contributed by atoms with Gasteiger partial charge in [-0.2, -0.15) is 5.10 Å². The molecule has 4 rings (SSSR count). The molecule has 3 aromatic rings. The third-order valence-corrected chi connectivity index (χ3v) is 4.91. The van der Waals surface area contributed by atoms with Gasteiger partial charge in [0.25, 0.3) is 5.91 Å². The standard InChI is InChI=1S/C19H22N6O3/c1-23-8-7-15(10-23)24(2)19(26)18-9-17(28-22-18)11-27-16-5-3-14(4-6-16)25-13-20-12-21-25/h3-6,9,12-13,15H,7-8,10-11H2,1-2H3/t15-/m0/s1. The van der Waals surface area contributed by atoms with Gasteiger partial charge in [-0.3, -0.25) is 4.79 Å². The molecule has 0 saturated carbocycles. The number of rotatable bonds is 6. The molecule has 3 heterocycles. The molecule has 0 unspecified atom stereocenters. The quantitative estimate of drug-likeness (QED) is 0.640. The number of likely N-dealkylation sites (N-methyl/N-ethyl adjacent to an activating group) is 2. The van der Waals surface area contributed by atoms with Crippen LogP contribution in [0.2, 0.25) is 0 Å². The van der Waals surface area contributed by atoms with Crippen LogP contribution < -0.4 is 4.74 Å². The molecule has 28 heavy (non-hydrogen) atoms. The maximum absolute atomic E-state index is 12.6. The van der Waals surface area contributed by atoms with E-state index in [2.05, 4.69) is 27.2 Å². The van der Waals surface area contributed by atoms with Crippen LogP contribution in [0.4, 0.5) is 0 Å². The van der Waals surface area contributed by atoms with Gasteiger partial charge < -0.3 is 19.1 Å². The number of amides is 1. The Labute approximate surface area is 162 Å². The minimum Gasteiger partial charge on any atom is -0.486 e. The Balaban J connectivity index is 1.34. The van der Waals surface area contributed by atoms with Crippen molar-refractivity contribution in [3.05, 3.63) is 54.4 Å². The first-order valence-corrected chi connectivity index (χ1v) is 9.09. The largest absolute Gasteiger partial charge is 0.486 e. The fourth-order valence-electron chi connectivity index (χ4n) is 3.25. The molecule has 1 aromatic carbocycles. The summed E-state index contributed by atoms with van der Waals surface area (Å²) in [6.07, 6.45) is 4.08. The molecular formula is C19H22N6O3. The van der Waals surface area contributed by atoms with Crippen LogP contribution in [0.15, 0.2) is 47.5 Å². The Kier molecular flexibility index (Phi) is 5.07. The van der Waals surface area contributed by atoms with Gasteiger partial charge in [-0.05, 0) is 44.3 Å². The maximum atomic E-state index is 12.6. The molecule has 146 valence electrons. The van der Waals surface area contributed by atoms with Crippen molar-refractivity contribution in [2.24, 2.45) is 0 Å². The maximum Gasteiger partial charge on any atom is 0.276 e. The zero-order valence-electron chi connectivity index (χ0n) is 15.9. The first-order valence-electron chi connectivity index (χ1n) is 9.09. The molecule has 1 aliphatic heterocycles. The van der Waals surface area contributed by atoms with Gasteiger partial charge in [-0.1, -0.05) is 5.16 Å². The Hall–Kier alpha value is -3.20. The van der Waals surface area contributed by atoms with Gasteiger partial charge in [0.15, 0.2) is 11.5 Å². The smallest absolute Gasteiger partial charge is 0.276 e. The highest BCUT2D eigenvalue weighted by Crippen LogP contribution is 2.18. The molecule has 1 aliphatic rings. The lowest BCUT2D eigenvalue weighted by molar-refractivity contribution is 0.0727. The molecule has 0 bridgehead atoms. The highest BCUT2D eigenvalue weighted by atomic mass is 16.5.